The average molecular weight is 302 g/mol. The summed E-state index contributed by atoms with van der Waals surface area (Å²) in [7, 11) is 0. The molecule has 98 valence electrons. The zero-order valence-electron chi connectivity index (χ0n) is 9.23. The smallest absolute Gasteiger partial charge is 0.337 e. The van der Waals surface area contributed by atoms with Crippen LogP contribution in [0.15, 0.2) is 40.4 Å². The van der Waals surface area contributed by atoms with Gasteiger partial charge in [0.25, 0.3) is 0 Å². The van der Waals surface area contributed by atoms with Crippen molar-refractivity contribution in [2.45, 2.75) is 9.92 Å². The second-order valence-corrected chi connectivity index (χ2v) is 4.96. The zero-order valence-corrected chi connectivity index (χ0v) is 10.8. The Bertz CT molecular complexity index is 652. The van der Waals surface area contributed by atoms with E-state index in [1.54, 1.807) is 0 Å². The van der Waals surface area contributed by atoms with Crippen molar-refractivity contribution >= 4 is 29.3 Å². The third-order valence-electron chi connectivity index (χ3n) is 2.16. The number of carbonyl (C=O) groups is 1. The van der Waals surface area contributed by atoms with E-state index >= 15 is 0 Å². The zero-order chi connectivity index (χ0) is 14.0. The van der Waals surface area contributed by atoms with Gasteiger partial charge in [0.15, 0.2) is 5.82 Å². The summed E-state index contributed by atoms with van der Waals surface area (Å²) in [5.41, 5.74) is -0.0887. The molecule has 1 N–H and O–H groups in total. The number of rotatable bonds is 3. The molecule has 0 bridgehead atoms. The third kappa shape index (κ3) is 3.21. The molecule has 2 aromatic rings. The largest absolute Gasteiger partial charge is 0.478 e. The van der Waals surface area contributed by atoms with Crippen molar-refractivity contribution in [3.05, 3.63) is 52.7 Å². The van der Waals surface area contributed by atoms with Gasteiger partial charge in [0.2, 0.25) is 0 Å². The highest BCUT2D eigenvalue weighted by Gasteiger charge is 2.12. The van der Waals surface area contributed by atoms with Crippen LogP contribution in [-0.2, 0) is 0 Å². The van der Waals surface area contributed by atoms with E-state index in [0.717, 1.165) is 18.0 Å². The van der Waals surface area contributed by atoms with Crippen LogP contribution in [0.1, 0.15) is 10.4 Å². The summed E-state index contributed by atoms with van der Waals surface area (Å²) in [6.07, 6.45) is 0.888. The summed E-state index contributed by atoms with van der Waals surface area (Å²) < 4.78 is 26.1. The highest BCUT2D eigenvalue weighted by molar-refractivity contribution is 7.99. The molecule has 0 saturated heterocycles. The molecule has 19 heavy (non-hydrogen) atoms. The van der Waals surface area contributed by atoms with E-state index in [2.05, 4.69) is 4.98 Å². The van der Waals surface area contributed by atoms with Crippen molar-refractivity contribution in [3.63, 3.8) is 0 Å². The molecule has 3 nitrogen and oxygen atoms in total. The molecule has 0 saturated carbocycles. The molecular weight excluding hydrogens is 296 g/mol. The molecule has 0 aliphatic heterocycles. The lowest BCUT2D eigenvalue weighted by molar-refractivity contribution is 0.0697. The first-order valence-electron chi connectivity index (χ1n) is 4.99. The predicted octanol–water partition coefficient (Wildman–Crippen LogP) is 3.86. The van der Waals surface area contributed by atoms with Gasteiger partial charge < -0.3 is 5.11 Å². The van der Waals surface area contributed by atoms with Gasteiger partial charge in [-0.2, -0.15) is 0 Å². The molecule has 1 heterocycles. The number of benzene rings is 1. The first-order valence-corrected chi connectivity index (χ1v) is 6.18. The van der Waals surface area contributed by atoms with Gasteiger partial charge in [-0.3, -0.25) is 0 Å². The third-order valence-corrected chi connectivity index (χ3v) is 3.47. The molecule has 0 fully saturated rings. The van der Waals surface area contributed by atoms with Gasteiger partial charge in [-0.1, -0.05) is 23.4 Å². The summed E-state index contributed by atoms with van der Waals surface area (Å²) >= 11 is 6.61. The lowest BCUT2D eigenvalue weighted by Crippen LogP contribution is -1.97. The number of aromatic nitrogens is 1. The Labute approximate surface area is 116 Å². The predicted molar refractivity (Wildman–Crippen MR) is 66.7 cm³/mol. The molecule has 2 rings (SSSR count). The fourth-order valence-electron chi connectivity index (χ4n) is 1.32. The Kier molecular flexibility index (Phi) is 4.01. The molecule has 0 amide bonds. The van der Waals surface area contributed by atoms with Gasteiger partial charge in [0.05, 0.1) is 16.8 Å². The number of hydrogen-bond acceptors (Lipinski definition) is 3. The molecule has 0 spiro atoms. The second kappa shape index (κ2) is 5.54. The standard InChI is InChI=1S/C12H6ClF2NO2S/c13-9-2-1-7(4-8(9)12(17)18)19-11-10(15)3-6(14)5-16-11/h1-5H,(H,17,18). The number of carboxylic acid groups (broad SMARTS) is 1. The quantitative estimate of drug-likeness (QED) is 0.935. The maximum absolute atomic E-state index is 13.4. The van der Waals surface area contributed by atoms with Crippen LogP contribution in [0.5, 0.6) is 0 Å². The first kappa shape index (κ1) is 13.8. The van der Waals surface area contributed by atoms with E-state index in [0.29, 0.717) is 11.0 Å². The fraction of sp³-hybridized carbons (Fsp3) is 0. The monoisotopic (exact) mass is 301 g/mol. The van der Waals surface area contributed by atoms with E-state index in [9.17, 15) is 13.6 Å². The summed E-state index contributed by atoms with van der Waals surface area (Å²) in [6.45, 7) is 0. The lowest BCUT2D eigenvalue weighted by atomic mass is 10.2. The summed E-state index contributed by atoms with van der Waals surface area (Å²) in [5.74, 6) is -2.76. The van der Waals surface area contributed by atoms with Gasteiger partial charge in [0.1, 0.15) is 10.8 Å². The van der Waals surface area contributed by atoms with E-state index < -0.39 is 17.6 Å². The van der Waals surface area contributed by atoms with E-state index in [-0.39, 0.29) is 15.6 Å². The Morgan fingerprint density at radius 1 is 1.32 bits per heavy atom. The fourth-order valence-corrected chi connectivity index (χ4v) is 2.32. The van der Waals surface area contributed by atoms with E-state index in [4.69, 9.17) is 16.7 Å². The van der Waals surface area contributed by atoms with Crippen LogP contribution in [0, 0.1) is 11.6 Å². The minimum atomic E-state index is -1.18. The van der Waals surface area contributed by atoms with Crippen LogP contribution < -0.4 is 0 Å². The Balaban J connectivity index is 2.33. The number of aromatic carboxylic acids is 1. The van der Waals surface area contributed by atoms with Gasteiger partial charge in [-0.15, -0.1) is 0 Å². The van der Waals surface area contributed by atoms with Crippen molar-refractivity contribution in [3.8, 4) is 0 Å². The molecule has 1 aromatic carbocycles. The van der Waals surface area contributed by atoms with Gasteiger partial charge >= 0.3 is 5.97 Å². The van der Waals surface area contributed by atoms with Crippen LogP contribution in [0.4, 0.5) is 8.78 Å². The summed E-state index contributed by atoms with van der Waals surface area (Å²) in [6, 6.07) is 4.95. The molecule has 1 aromatic heterocycles. The molecule has 0 unspecified atom stereocenters. The number of pyridine rings is 1. The molecule has 0 aliphatic rings. The first-order chi connectivity index (χ1) is 8.97. The highest BCUT2D eigenvalue weighted by Crippen LogP contribution is 2.30. The molecule has 0 aliphatic carbocycles. The molecular formula is C12H6ClF2NO2S. The van der Waals surface area contributed by atoms with E-state index in [1.807, 2.05) is 0 Å². The SMILES string of the molecule is O=C(O)c1cc(Sc2ncc(F)cc2F)ccc1Cl. The molecule has 0 atom stereocenters. The maximum Gasteiger partial charge on any atom is 0.337 e. The minimum absolute atomic E-state index is 0.0416. The van der Waals surface area contributed by atoms with Gasteiger partial charge in [-0.05, 0) is 18.2 Å². The van der Waals surface area contributed by atoms with Crippen molar-refractivity contribution in [1.82, 2.24) is 4.98 Å². The van der Waals surface area contributed by atoms with Crippen LogP contribution in [0.3, 0.4) is 0 Å². The van der Waals surface area contributed by atoms with Gasteiger partial charge in [0, 0.05) is 11.0 Å². The topological polar surface area (TPSA) is 50.2 Å². The Hall–Kier alpha value is -1.66. The summed E-state index contributed by atoms with van der Waals surface area (Å²) in [4.78, 5) is 15.0. The number of carboxylic acids is 1. The molecule has 7 heteroatoms. The number of nitrogens with zero attached hydrogens (tertiary/aromatic N) is 1. The number of hydrogen-bond donors (Lipinski definition) is 1. The van der Waals surface area contributed by atoms with Crippen molar-refractivity contribution in [1.29, 1.82) is 0 Å². The average Bonchev–Trinajstić information content (AvgIpc) is 2.34. The Morgan fingerprint density at radius 2 is 2.05 bits per heavy atom. The van der Waals surface area contributed by atoms with Crippen molar-refractivity contribution < 1.29 is 18.7 Å². The minimum Gasteiger partial charge on any atom is -0.478 e. The molecule has 0 radical (unpaired) electrons. The lowest BCUT2D eigenvalue weighted by Gasteiger charge is -2.04. The highest BCUT2D eigenvalue weighted by atomic mass is 35.5. The van der Waals surface area contributed by atoms with Crippen LogP contribution in [0.2, 0.25) is 5.02 Å². The van der Waals surface area contributed by atoms with Crippen LogP contribution >= 0.6 is 23.4 Å². The van der Waals surface area contributed by atoms with E-state index in [1.165, 1.54) is 18.2 Å². The van der Waals surface area contributed by atoms with Crippen LogP contribution in [-0.4, -0.2) is 16.1 Å². The van der Waals surface area contributed by atoms with Crippen LogP contribution in [0.25, 0.3) is 0 Å². The maximum atomic E-state index is 13.4. The number of halogens is 3. The van der Waals surface area contributed by atoms with Crippen molar-refractivity contribution in [2.75, 3.05) is 0 Å². The van der Waals surface area contributed by atoms with Gasteiger partial charge in [-0.25, -0.2) is 18.6 Å². The van der Waals surface area contributed by atoms with Crippen molar-refractivity contribution in [2.24, 2.45) is 0 Å². The normalized spacial score (nSPS) is 10.5. The second-order valence-electron chi connectivity index (χ2n) is 3.49. The summed E-state index contributed by atoms with van der Waals surface area (Å²) in [5, 5.41) is 8.96. The Morgan fingerprint density at radius 3 is 2.68 bits per heavy atom.